The molecule has 0 bridgehead atoms. The normalized spacial score (nSPS) is 15.4. The van der Waals surface area contributed by atoms with E-state index in [2.05, 4.69) is 34.6 Å². The van der Waals surface area contributed by atoms with Crippen LogP contribution in [0.15, 0.2) is 0 Å². The summed E-state index contributed by atoms with van der Waals surface area (Å²) in [7, 11) is 0. The summed E-state index contributed by atoms with van der Waals surface area (Å²) in [6.45, 7) is 11.7. The number of rotatable bonds is 10. The van der Waals surface area contributed by atoms with E-state index >= 15 is 0 Å². The topological polar surface area (TPSA) is 0 Å². The first-order valence-electron chi connectivity index (χ1n) is 7.41. The van der Waals surface area contributed by atoms with Crippen molar-refractivity contribution in [3.63, 3.8) is 0 Å². The molecule has 1 radical (unpaired) electrons. The Bertz CT molecular complexity index is 139. The largest absolute Gasteiger partial charge is 0.0654 e. The summed E-state index contributed by atoms with van der Waals surface area (Å²) in [6, 6.07) is 0. The van der Waals surface area contributed by atoms with E-state index in [9.17, 15) is 0 Å². The highest BCUT2D eigenvalue weighted by atomic mass is 14.1. The Balaban J connectivity index is 3.40. The fraction of sp³-hybridized carbons (Fsp3) is 0.938. The van der Waals surface area contributed by atoms with Gasteiger partial charge in [-0.3, -0.25) is 0 Å². The molecule has 0 aromatic carbocycles. The first kappa shape index (κ1) is 16.0. The second kappa shape index (κ2) is 10.2. The monoisotopic (exact) mass is 225 g/mol. The molecular formula is C16H33. The predicted molar refractivity (Wildman–Crippen MR) is 75.5 cm³/mol. The zero-order valence-corrected chi connectivity index (χ0v) is 12.3. The van der Waals surface area contributed by atoms with Crippen LogP contribution in [0, 0.1) is 17.8 Å². The molecule has 0 saturated heterocycles. The van der Waals surface area contributed by atoms with Crippen LogP contribution in [0.1, 0.15) is 86.0 Å². The van der Waals surface area contributed by atoms with Crippen molar-refractivity contribution in [3.05, 3.63) is 5.92 Å². The standard InChI is InChI=1S/C16H33/c1-6-9-15(4)12-13-16(5)11-8-10-14(3)7-2/h14-15H,6-13H2,1-5H3. The maximum atomic E-state index is 2.40. The van der Waals surface area contributed by atoms with Gasteiger partial charge in [0.25, 0.3) is 0 Å². The van der Waals surface area contributed by atoms with E-state index in [-0.39, 0.29) is 0 Å². The van der Waals surface area contributed by atoms with E-state index < -0.39 is 0 Å². The third-order valence-corrected chi connectivity index (χ3v) is 3.84. The summed E-state index contributed by atoms with van der Waals surface area (Å²) in [5.41, 5.74) is 0. The zero-order valence-electron chi connectivity index (χ0n) is 12.3. The number of hydrogen-bond donors (Lipinski definition) is 0. The van der Waals surface area contributed by atoms with Crippen LogP contribution in [-0.4, -0.2) is 0 Å². The van der Waals surface area contributed by atoms with E-state index in [4.69, 9.17) is 0 Å². The molecule has 0 amide bonds. The molecule has 2 atom stereocenters. The van der Waals surface area contributed by atoms with Crippen molar-refractivity contribution < 1.29 is 0 Å². The molecule has 0 spiro atoms. The Morgan fingerprint density at radius 3 is 2.12 bits per heavy atom. The van der Waals surface area contributed by atoms with E-state index in [0.717, 1.165) is 11.8 Å². The Morgan fingerprint density at radius 1 is 0.875 bits per heavy atom. The molecule has 0 aromatic rings. The molecule has 0 saturated carbocycles. The third-order valence-electron chi connectivity index (χ3n) is 3.84. The first-order chi connectivity index (χ1) is 7.60. The van der Waals surface area contributed by atoms with Crippen molar-refractivity contribution in [3.8, 4) is 0 Å². The maximum Gasteiger partial charge on any atom is -0.0272 e. The van der Waals surface area contributed by atoms with Gasteiger partial charge in [0.1, 0.15) is 0 Å². The molecule has 16 heavy (non-hydrogen) atoms. The van der Waals surface area contributed by atoms with Crippen LogP contribution in [0.4, 0.5) is 0 Å². The highest BCUT2D eigenvalue weighted by molar-refractivity contribution is 4.84. The van der Waals surface area contributed by atoms with E-state index in [1.165, 1.54) is 51.4 Å². The molecule has 2 unspecified atom stereocenters. The minimum atomic E-state index is 0.923. The molecule has 0 aliphatic rings. The Labute approximate surface area is 104 Å². The molecule has 0 aromatic heterocycles. The van der Waals surface area contributed by atoms with Crippen molar-refractivity contribution in [2.24, 2.45) is 11.8 Å². The van der Waals surface area contributed by atoms with Gasteiger partial charge < -0.3 is 0 Å². The average molecular weight is 225 g/mol. The SMILES string of the molecule is CCCC(C)CC[C](C)CCCC(C)CC. The molecule has 0 nitrogen and oxygen atoms in total. The molecular weight excluding hydrogens is 192 g/mol. The van der Waals surface area contributed by atoms with Crippen LogP contribution in [0.25, 0.3) is 0 Å². The second-order valence-corrected chi connectivity index (χ2v) is 5.80. The fourth-order valence-electron chi connectivity index (χ4n) is 2.21. The molecule has 0 N–H and O–H groups in total. The zero-order chi connectivity index (χ0) is 12.4. The van der Waals surface area contributed by atoms with Crippen LogP contribution >= 0.6 is 0 Å². The van der Waals surface area contributed by atoms with Crippen LogP contribution in [0.3, 0.4) is 0 Å². The minimum absolute atomic E-state index is 0.923. The molecule has 0 heterocycles. The summed E-state index contributed by atoms with van der Waals surface area (Å²) < 4.78 is 0. The Morgan fingerprint density at radius 2 is 1.56 bits per heavy atom. The van der Waals surface area contributed by atoms with Crippen molar-refractivity contribution in [2.75, 3.05) is 0 Å². The van der Waals surface area contributed by atoms with Crippen LogP contribution < -0.4 is 0 Å². The summed E-state index contributed by atoms with van der Waals surface area (Å²) in [5, 5.41) is 0. The Hall–Kier alpha value is 0. The Kier molecular flexibility index (Phi) is 10.2. The van der Waals surface area contributed by atoms with Gasteiger partial charge in [-0.15, -0.1) is 0 Å². The fourth-order valence-corrected chi connectivity index (χ4v) is 2.21. The molecule has 97 valence electrons. The quantitative estimate of drug-likeness (QED) is 0.427. The van der Waals surface area contributed by atoms with Crippen LogP contribution in [-0.2, 0) is 0 Å². The van der Waals surface area contributed by atoms with Crippen molar-refractivity contribution in [2.45, 2.75) is 86.0 Å². The first-order valence-corrected chi connectivity index (χ1v) is 7.41. The van der Waals surface area contributed by atoms with Gasteiger partial charge in [-0.05, 0) is 30.6 Å². The lowest BCUT2D eigenvalue weighted by Crippen LogP contribution is -2.00. The maximum absolute atomic E-state index is 2.40. The van der Waals surface area contributed by atoms with Gasteiger partial charge in [0.15, 0.2) is 0 Å². The smallest absolute Gasteiger partial charge is 0.0272 e. The van der Waals surface area contributed by atoms with Gasteiger partial charge in [0.05, 0.1) is 0 Å². The molecule has 0 fully saturated rings. The summed E-state index contributed by atoms with van der Waals surface area (Å²) in [4.78, 5) is 0. The summed E-state index contributed by atoms with van der Waals surface area (Å²) in [5.74, 6) is 3.58. The predicted octanol–water partition coefficient (Wildman–Crippen LogP) is 6.01. The molecule has 0 heteroatoms. The van der Waals surface area contributed by atoms with E-state index in [1.54, 1.807) is 5.92 Å². The second-order valence-electron chi connectivity index (χ2n) is 5.80. The lowest BCUT2D eigenvalue weighted by Gasteiger charge is -2.15. The third kappa shape index (κ3) is 9.24. The molecule has 0 aliphatic heterocycles. The molecule has 0 aliphatic carbocycles. The van der Waals surface area contributed by atoms with Crippen LogP contribution in [0.5, 0.6) is 0 Å². The van der Waals surface area contributed by atoms with E-state index in [0.29, 0.717) is 0 Å². The highest BCUT2D eigenvalue weighted by Crippen LogP contribution is 2.23. The van der Waals surface area contributed by atoms with Gasteiger partial charge in [0.2, 0.25) is 0 Å². The summed E-state index contributed by atoms with van der Waals surface area (Å²) >= 11 is 0. The van der Waals surface area contributed by atoms with E-state index in [1.807, 2.05) is 0 Å². The van der Waals surface area contributed by atoms with Gasteiger partial charge in [-0.25, -0.2) is 0 Å². The lowest BCUT2D eigenvalue weighted by atomic mass is 9.91. The molecule has 0 rings (SSSR count). The van der Waals surface area contributed by atoms with Gasteiger partial charge in [-0.2, -0.15) is 0 Å². The number of hydrogen-bond acceptors (Lipinski definition) is 0. The van der Waals surface area contributed by atoms with Crippen molar-refractivity contribution >= 4 is 0 Å². The van der Waals surface area contributed by atoms with Gasteiger partial charge in [0, 0.05) is 0 Å². The minimum Gasteiger partial charge on any atom is -0.0654 e. The summed E-state index contributed by atoms with van der Waals surface area (Å²) in [6.07, 6.45) is 11.0. The van der Waals surface area contributed by atoms with Gasteiger partial charge in [-0.1, -0.05) is 73.1 Å². The van der Waals surface area contributed by atoms with Crippen molar-refractivity contribution in [1.29, 1.82) is 0 Å². The van der Waals surface area contributed by atoms with Crippen LogP contribution in [0.2, 0.25) is 0 Å². The highest BCUT2D eigenvalue weighted by Gasteiger charge is 2.07. The van der Waals surface area contributed by atoms with Crippen molar-refractivity contribution in [1.82, 2.24) is 0 Å². The lowest BCUT2D eigenvalue weighted by molar-refractivity contribution is 0.451. The van der Waals surface area contributed by atoms with Gasteiger partial charge >= 0.3 is 0 Å². The average Bonchev–Trinajstić information content (AvgIpc) is 2.26.